The Balaban J connectivity index is 3.10. The van der Waals surface area contributed by atoms with Gasteiger partial charge in [-0.1, -0.05) is 25.2 Å². The highest BCUT2D eigenvalue weighted by Crippen LogP contribution is 2.24. The Hall–Kier alpha value is -0.930. The van der Waals surface area contributed by atoms with Gasteiger partial charge in [0.25, 0.3) is 0 Å². The summed E-state index contributed by atoms with van der Waals surface area (Å²) in [7, 11) is 0. The highest BCUT2D eigenvalue weighted by molar-refractivity contribution is 5.36. The summed E-state index contributed by atoms with van der Waals surface area (Å²) in [5, 5.41) is 18.1. The van der Waals surface area contributed by atoms with Gasteiger partial charge in [-0.25, -0.2) is 4.39 Å². The first-order chi connectivity index (χ1) is 7.06. The third-order valence-electron chi connectivity index (χ3n) is 2.73. The summed E-state index contributed by atoms with van der Waals surface area (Å²) in [5.74, 6) is 0.167. The fourth-order valence-corrected chi connectivity index (χ4v) is 1.73. The molecule has 3 heteroatoms. The van der Waals surface area contributed by atoms with E-state index in [0.29, 0.717) is 5.57 Å². The predicted molar refractivity (Wildman–Crippen MR) is 57.9 cm³/mol. The molecule has 84 valence electrons. The van der Waals surface area contributed by atoms with Crippen molar-refractivity contribution in [3.05, 3.63) is 34.9 Å². The molecule has 0 amide bonds. The Morgan fingerprint density at radius 2 is 2.20 bits per heavy atom. The molecule has 0 heterocycles. The molecule has 0 aromatic carbocycles. The third kappa shape index (κ3) is 3.01. The second-order valence-electron chi connectivity index (χ2n) is 3.90. The summed E-state index contributed by atoms with van der Waals surface area (Å²) < 4.78 is 12.8. The molecule has 1 aliphatic carbocycles. The maximum atomic E-state index is 12.8. The molecular weight excluding hydrogens is 195 g/mol. The SMILES string of the molecule is CC1=C(CF)C(C)CC=CC(C(O)O)=C1. The fraction of sp³-hybridized carbons (Fsp3) is 0.500. The summed E-state index contributed by atoms with van der Waals surface area (Å²) in [6.07, 6.45) is 4.38. The topological polar surface area (TPSA) is 40.5 Å². The normalized spacial score (nSPS) is 22.8. The van der Waals surface area contributed by atoms with Crippen LogP contribution in [-0.2, 0) is 0 Å². The summed E-state index contributed by atoms with van der Waals surface area (Å²) in [5.41, 5.74) is 1.93. The number of rotatable bonds is 2. The quantitative estimate of drug-likeness (QED) is 0.688. The molecule has 0 aromatic heterocycles. The van der Waals surface area contributed by atoms with Gasteiger partial charge in [0.05, 0.1) is 0 Å². The standard InChI is InChI=1S/C12H17FO2/c1-8-4-3-5-10(12(14)15)6-9(2)11(8)7-13/h3,5-6,8,12,14-15H,4,7H2,1-2H3. The number of hydrogen-bond donors (Lipinski definition) is 2. The lowest BCUT2D eigenvalue weighted by Crippen LogP contribution is -2.10. The molecule has 15 heavy (non-hydrogen) atoms. The number of aliphatic hydroxyl groups is 2. The van der Waals surface area contributed by atoms with E-state index in [2.05, 4.69) is 0 Å². The lowest BCUT2D eigenvalue weighted by Gasteiger charge is -2.17. The maximum Gasteiger partial charge on any atom is 0.178 e. The first kappa shape index (κ1) is 12.1. The van der Waals surface area contributed by atoms with Crippen molar-refractivity contribution in [1.82, 2.24) is 0 Å². The molecule has 0 saturated heterocycles. The van der Waals surface area contributed by atoms with Crippen LogP contribution in [0.1, 0.15) is 20.3 Å². The van der Waals surface area contributed by atoms with Crippen molar-refractivity contribution in [3.8, 4) is 0 Å². The molecule has 1 aliphatic rings. The third-order valence-corrected chi connectivity index (χ3v) is 2.73. The molecule has 0 radical (unpaired) electrons. The summed E-state index contributed by atoms with van der Waals surface area (Å²) >= 11 is 0. The van der Waals surface area contributed by atoms with Crippen molar-refractivity contribution >= 4 is 0 Å². The van der Waals surface area contributed by atoms with Gasteiger partial charge in [-0.15, -0.1) is 0 Å². The molecule has 0 aliphatic heterocycles. The molecular formula is C12H17FO2. The van der Waals surface area contributed by atoms with Gasteiger partial charge < -0.3 is 10.2 Å². The number of alkyl halides is 1. The minimum atomic E-state index is -1.49. The zero-order valence-corrected chi connectivity index (χ0v) is 9.07. The predicted octanol–water partition coefficient (Wildman–Crippen LogP) is 2.11. The molecule has 0 fully saturated rings. The number of allylic oxidation sites excluding steroid dienone is 4. The summed E-state index contributed by atoms with van der Waals surface area (Å²) in [4.78, 5) is 0. The Morgan fingerprint density at radius 1 is 1.53 bits per heavy atom. The maximum absolute atomic E-state index is 12.8. The van der Waals surface area contributed by atoms with Gasteiger partial charge >= 0.3 is 0 Å². The Kier molecular flexibility index (Phi) is 4.24. The van der Waals surface area contributed by atoms with Gasteiger partial charge in [0, 0.05) is 5.57 Å². The number of hydrogen-bond acceptors (Lipinski definition) is 2. The highest BCUT2D eigenvalue weighted by atomic mass is 19.1. The highest BCUT2D eigenvalue weighted by Gasteiger charge is 2.13. The Morgan fingerprint density at radius 3 is 2.73 bits per heavy atom. The molecule has 1 rings (SSSR count). The van der Waals surface area contributed by atoms with Gasteiger partial charge in [0.1, 0.15) is 6.67 Å². The van der Waals surface area contributed by atoms with Crippen molar-refractivity contribution in [2.75, 3.05) is 6.67 Å². The zero-order valence-electron chi connectivity index (χ0n) is 9.07. The average molecular weight is 212 g/mol. The van der Waals surface area contributed by atoms with Gasteiger partial charge in [0.15, 0.2) is 6.29 Å². The second kappa shape index (κ2) is 5.24. The smallest absolute Gasteiger partial charge is 0.178 e. The van der Waals surface area contributed by atoms with Crippen LogP contribution in [-0.4, -0.2) is 23.2 Å². The number of halogens is 1. The van der Waals surface area contributed by atoms with Crippen LogP contribution in [0.25, 0.3) is 0 Å². The average Bonchev–Trinajstić information content (AvgIpc) is 2.14. The van der Waals surface area contributed by atoms with E-state index >= 15 is 0 Å². The lowest BCUT2D eigenvalue weighted by molar-refractivity contribution is -0.00493. The molecule has 1 unspecified atom stereocenters. The van der Waals surface area contributed by atoms with E-state index in [0.717, 1.165) is 17.6 Å². The molecule has 1 atom stereocenters. The minimum Gasteiger partial charge on any atom is -0.364 e. The Bertz CT molecular complexity index is 314. The van der Waals surface area contributed by atoms with Crippen LogP contribution >= 0.6 is 0 Å². The van der Waals surface area contributed by atoms with Crippen LogP contribution in [0.15, 0.2) is 34.9 Å². The van der Waals surface area contributed by atoms with Gasteiger partial charge in [-0.3, -0.25) is 0 Å². The van der Waals surface area contributed by atoms with Crippen molar-refractivity contribution in [3.63, 3.8) is 0 Å². The largest absolute Gasteiger partial charge is 0.364 e. The first-order valence-electron chi connectivity index (χ1n) is 5.06. The van der Waals surface area contributed by atoms with Crippen LogP contribution in [0.4, 0.5) is 4.39 Å². The minimum absolute atomic E-state index is 0.167. The van der Waals surface area contributed by atoms with E-state index in [1.165, 1.54) is 0 Å². The van der Waals surface area contributed by atoms with E-state index < -0.39 is 13.0 Å². The van der Waals surface area contributed by atoms with Gasteiger partial charge in [0.2, 0.25) is 0 Å². The summed E-state index contributed by atoms with van der Waals surface area (Å²) in [6.45, 7) is 3.29. The van der Waals surface area contributed by atoms with E-state index in [1.807, 2.05) is 13.0 Å². The van der Waals surface area contributed by atoms with Crippen LogP contribution < -0.4 is 0 Å². The molecule has 0 spiro atoms. The van der Waals surface area contributed by atoms with Crippen molar-refractivity contribution in [2.24, 2.45) is 5.92 Å². The van der Waals surface area contributed by atoms with Crippen molar-refractivity contribution < 1.29 is 14.6 Å². The van der Waals surface area contributed by atoms with Gasteiger partial charge in [-0.05, 0) is 30.4 Å². The van der Waals surface area contributed by atoms with E-state index in [-0.39, 0.29) is 5.92 Å². The molecule has 2 N–H and O–H groups in total. The number of aliphatic hydroxyl groups excluding tert-OH is 1. The van der Waals surface area contributed by atoms with E-state index in [9.17, 15) is 4.39 Å². The van der Waals surface area contributed by atoms with E-state index in [4.69, 9.17) is 10.2 Å². The molecule has 2 nitrogen and oxygen atoms in total. The lowest BCUT2D eigenvalue weighted by atomic mass is 9.91. The molecule has 0 aromatic rings. The molecule has 0 saturated carbocycles. The monoisotopic (exact) mass is 212 g/mol. The molecule has 0 bridgehead atoms. The Labute approximate surface area is 89.4 Å². The van der Waals surface area contributed by atoms with Crippen molar-refractivity contribution in [2.45, 2.75) is 26.6 Å². The summed E-state index contributed by atoms with van der Waals surface area (Å²) in [6, 6.07) is 0. The van der Waals surface area contributed by atoms with E-state index in [1.54, 1.807) is 19.1 Å². The fourth-order valence-electron chi connectivity index (χ4n) is 1.73. The van der Waals surface area contributed by atoms with Crippen LogP contribution in [0, 0.1) is 5.92 Å². The van der Waals surface area contributed by atoms with Crippen LogP contribution in [0.2, 0.25) is 0 Å². The van der Waals surface area contributed by atoms with Crippen LogP contribution in [0.3, 0.4) is 0 Å². The second-order valence-corrected chi connectivity index (χ2v) is 3.90. The van der Waals surface area contributed by atoms with Crippen molar-refractivity contribution in [1.29, 1.82) is 0 Å². The van der Waals surface area contributed by atoms with Gasteiger partial charge in [-0.2, -0.15) is 0 Å². The zero-order chi connectivity index (χ0) is 11.4. The van der Waals surface area contributed by atoms with Crippen LogP contribution in [0.5, 0.6) is 0 Å². The first-order valence-corrected chi connectivity index (χ1v) is 5.06.